The number of rotatable bonds is 4. The molecule has 1 aliphatic heterocycles. The van der Waals surface area contributed by atoms with Crippen LogP contribution >= 0.6 is 0 Å². The molecule has 0 aliphatic carbocycles. The van der Waals surface area contributed by atoms with Crippen LogP contribution in [0.5, 0.6) is 0 Å². The van der Waals surface area contributed by atoms with Crippen LogP contribution in [0.15, 0.2) is 22.8 Å². The number of hydrogen-bond acceptors (Lipinski definition) is 4. The Labute approximate surface area is 109 Å². The molecule has 7 heteroatoms. The number of carboxylic acid groups (broad SMARTS) is 1. The lowest BCUT2D eigenvalue weighted by Gasteiger charge is -2.21. The highest BCUT2D eigenvalue weighted by Crippen LogP contribution is 2.18. The van der Waals surface area contributed by atoms with Crippen LogP contribution in [0.3, 0.4) is 0 Å². The highest BCUT2D eigenvalue weighted by molar-refractivity contribution is 5.83. The number of nitrogens with zero attached hydrogens (tertiary/aromatic N) is 1. The van der Waals surface area contributed by atoms with E-state index in [9.17, 15) is 14.7 Å². The molecule has 1 fully saturated rings. The normalized spacial score (nSPS) is 22.5. The average Bonchev–Trinajstić information content (AvgIpc) is 2.98. The number of urea groups is 1. The average molecular weight is 268 g/mol. The Bertz CT molecular complexity index is 445. The molecule has 1 aromatic rings. The van der Waals surface area contributed by atoms with Crippen molar-refractivity contribution < 1.29 is 24.2 Å². The maximum atomic E-state index is 11.8. The Hall–Kier alpha value is -2.02. The van der Waals surface area contributed by atoms with Crippen LogP contribution in [-0.2, 0) is 11.2 Å². The first-order valence-electron chi connectivity index (χ1n) is 6.05. The number of β-amino-alcohol motifs (C(OH)–C–C–N with tert-alkyl or cyclic N) is 1. The van der Waals surface area contributed by atoms with Crippen molar-refractivity contribution in [1.82, 2.24) is 10.2 Å². The van der Waals surface area contributed by atoms with Gasteiger partial charge < -0.3 is 24.8 Å². The lowest BCUT2D eigenvalue weighted by molar-refractivity contribution is -0.141. The van der Waals surface area contributed by atoms with E-state index in [1.165, 1.54) is 0 Å². The highest BCUT2D eigenvalue weighted by atomic mass is 16.4. The molecule has 0 spiro atoms. The minimum Gasteiger partial charge on any atom is -0.480 e. The third kappa shape index (κ3) is 3.25. The maximum Gasteiger partial charge on any atom is 0.326 e. The van der Waals surface area contributed by atoms with Crippen LogP contribution in [-0.4, -0.2) is 52.3 Å². The minimum atomic E-state index is -1.10. The molecule has 1 saturated heterocycles. The van der Waals surface area contributed by atoms with E-state index in [2.05, 4.69) is 5.32 Å². The Balaban J connectivity index is 1.83. The second-order valence-corrected chi connectivity index (χ2v) is 4.46. The molecule has 0 saturated carbocycles. The Morgan fingerprint density at radius 1 is 1.53 bits per heavy atom. The van der Waals surface area contributed by atoms with Gasteiger partial charge in [0.25, 0.3) is 0 Å². The highest BCUT2D eigenvalue weighted by Gasteiger charge is 2.38. The SMILES string of the molecule is O=C(O)[C@@H]1C[C@@H](O)CN1C(=O)NCCc1ccco1. The van der Waals surface area contributed by atoms with Crippen LogP contribution in [0.4, 0.5) is 4.79 Å². The van der Waals surface area contributed by atoms with E-state index < -0.39 is 24.1 Å². The predicted molar refractivity (Wildman–Crippen MR) is 64.6 cm³/mol. The number of nitrogens with one attached hydrogen (secondary N) is 1. The third-order valence-electron chi connectivity index (χ3n) is 3.05. The van der Waals surface area contributed by atoms with Gasteiger partial charge in [-0.25, -0.2) is 9.59 Å². The number of aliphatic hydroxyl groups excluding tert-OH is 1. The molecule has 2 atom stereocenters. The first kappa shape index (κ1) is 13.4. The number of carbonyl (C=O) groups excluding carboxylic acids is 1. The standard InChI is InChI=1S/C12H16N2O5/c15-8-6-10(11(16)17)14(7-8)12(18)13-4-3-9-2-1-5-19-9/h1-2,5,8,10,15H,3-4,6-7H2,(H,13,18)(H,16,17)/t8-,10+/m1/s1. The first-order chi connectivity index (χ1) is 9.08. The molecule has 0 aromatic carbocycles. The van der Waals surface area contributed by atoms with Crippen molar-refractivity contribution in [3.05, 3.63) is 24.2 Å². The molecule has 19 heavy (non-hydrogen) atoms. The van der Waals surface area contributed by atoms with Crippen LogP contribution < -0.4 is 5.32 Å². The van der Waals surface area contributed by atoms with E-state index in [-0.39, 0.29) is 13.0 Å². The first-order valence-corrected chi connectivity index (χ1v) is 6.05. The van der Waals surface area contributed by atoms with Gasteiger partial charge in [0, 0.05) is 25.9 Å². The molecule has 3 N–H and O–H groups in total. The lowest BCUT2D eigenvalue weighted by atomic mass is 10.2. The van der Waals surface area contributed by atoms with Gasteiger partial charge in [0.15, 0.2) is 0 Å². The smallest absolute Gasteiger partial charge is 0.326 e. The maximum absolute atomic E-state index is 11.8. The summed E-state index contributed by atoms with van der Waals surface area (Å²) in [7, 11) is 0. The molecule has 1 aliphatic rings. The quantitative estimate of drug-likeness (QED) is 0.716. The van der Waals surface area contributed by atoms with Crippen molar-refractivity contribution >= 4 is 12.0 Å². The van der Waals surface area contributed by atoms with Crippen LogP contribution in [0.2, 0.25) is 0 Å². The van der Waals surface area contributed by atoms with E-state index in [1.54, 1.807) is 18.4 Å². The molecule has 7 nitrogen and oxygen atoms in total. The zero-order valence-electron chi connectivity index (χ0n) is 10.3. The molecule has 1 aromatic heterocycles. The van der Waals surface area contributed by atoms with Gasteiger partial charge in [0.2, 0.25) is 0 Å². The van der Waals surface area contributed by atoms with Gasteiger partial charge in [-0.2, -0.15) is 0 Å². The van der Waals surface area contributed by atoms with Gasteiger partial charge in [0.1, 0.15) is 11.8 Å². The lowest BCUT2D eigenvalue weighted by Crippen LogP contribution is -2.46. The topological polar surface area (TPSA) is 103 Å². The minimum absolute atomic E-state index is 0.0452. The number of aliphatic hydroxyl groups is 1. The van der Waals surface area contributed by atoms with Crippen molar-refractivity contribution in [1.29, 1.82) is 0 Å². The fourth-order valence-corrected chi connectivity index (χ4v) is 2.12. The van der Waals surface area contributed by atoms with Crippen LogP contribution in [0, 0.1) is 0 Å². The summed E-state index contributed by atoms with van der Waals surface area (Å²) in [6.07, 6.45) is 1.37. The predicted octanol–water partition coefficient (Wildman–Crippen LogP) is 0.0515. The van der Waals surface area contributed by atoms with E-state index in [4.69, 9.17) is 9.52 Å². The van der Waals surface area contributed by atoms with Crippen molar-refractivity contribution in [2.24, 2.45) is 0 Å². The van der Waals surface area contributed by atoms with Gasteiger partial charge in [0.05, 0.1) is 12.4 Å². The number of carboxylic acids is 1. The fourth-order valence-electron chi connectivity index (χ4n) is 2.12. The zero-order chi connectivity index (χ0) is 13.8. The second-order valence-electron chi connectivity index (χ2n) is 4.46. The van der Waals surface area contributed by atoms with E-state index >= 15 is 0 Å². The van der Waals surface area contributed by atoms with Crippen molar-refractivity contribution in [3.63, 3.8) is 0 Å². The Morgan fingerprint density at radius 2 is 2.32 bits per heavy atom. The summed E-state index contributed by atoms with van der Waals surface area (Å²) in [4.78, 5) is 24.0. The number of hydrogen-bond donors (Lipinski definition) is 3. The number of likely N-dealkylation sites (tertiary alicyclic amines) is 1. The van der Waals surface area contributed by atoms with E-state index in [0.29, 0.717) is 13.0 Å². The molecule has 2 rings (SSSR count). The van der Waals surface area contributed by atoms with Crippen molar-refractivity contribution in [2.45, 2.75) is 25.0 Å². The Kier molecular flexibility index (Phi) is 4.06. The number of furan rings is 1. The summed E-state index contributed by atoms with van der Waals surface area (Å²) in [6.45, 7) is 0.398. The second kappa shape index (κ2) is 5.75. The summed E-state index contributed by atoms with van der Waals surface area (Å²) >= 11 is 0. The summed E-state index contributed by atoms with van der Waals surface area (Å²) in [5.41, 5.74) is 0. The van der Waals surface area contributed by atoms with Crippen molar-refractivity contribution in [2.75, 3.05) is 13.1 Å². The van der Waals surface area contributed by atoms with E-state index in [0.717, 1.165) is 10.7 Å². The summed E-state index contributed by atoms with van der Waals surface area (Å²) in [5, 5.41) is 21.0. The molecular formula is C12H16N2O5. The number of aliphatic carboxylic acids is 1. The number of carbonyl (C=O) groups is 2. The largest absolute Gasteiger partial charge is 0.480 e. The summed E-state index contributed by atoms with van der Waals surface area (Å²) in [6, 6.07) is 2.12. The molecule has 104 valence electrons. The van der Waals surface area contributed by atoms with Crippen LogP contribution in [0.25, 0.3) is 0 Å². The molecule has 0 bridgehead atoms. The van der Waals surface area contributed by atoms with Gasteiger partial charge in [-0.15, -0.1) is 0 Å². The fraction of sp³-hybridized carbons (Fsp3) is 0.500. The third-order valence-corrected chi connectivity index (χ3v) is 3.05. The molecule has 0 unspecified atom stereocenters. The van der Waals surface area contributed by atoms with Gasteiger partial charge in [-0.3, -0.25) is 0 Å². The molecule has 0 radical (unpaired) electrons. The van der Waals surface area contributed by atoms with Crippen molar-refractivity contribution in [3.8, 4) is 0 Å². The van der Waals surface area contributed by atoms with Gasteiger partial charge >= 0.3 is 12.0 Å². The molecular weight excluding hydrogens is 252 g/mol. The molecule has 2 amide bonds. The van der Waals surface area contributed by atoms with Gasteiger partial charge in [-0.1, -0.05) is 0 Å². The molecule has 2 heterocycles. The Morgan fingerprint density at radius 3 is 2.95 bits per heavy atom. The number of amides is 2. The van der Waals surface area contributed by atoms with Gasteiger partial charge in [-0.05, 0) is 12.1 Å². The monoisotopic (exact) mass is 268 g/mol. The summed E-state index contributed by atoms with van der Waals surface area (Å²) < 4.78 is 5.12. The zero-order valence-corrected chi connectivity index (χ0v) is 10.3. The van der Waals surface area contributed by atoms with Crippen LogP contribution in [0.1, 0.15) is 12.2 Å². The van der Waals surface area contributed by atoms with E-state index in [1.807, 2.05) is 0 Å². The summed E-state index contributed by atoms with van der Waals surface area (Å²) in [5.74, 6) is -0.353.